The first-order valence-electron chi connectivity index (χ1n) is 12.7. The van der Waals surface area contributed by atoms with Gasteiger partial charge in [-0.2, -0.15) is 19.4 Å². The molecule has 208 valence electrons. The zero-order valence-electron chi connectivity index (χ0n) is 22.4. The van der Waals surface area contributed by atoms with Crippen molar-refractivity contribution in [3.05, 3.63) is 77.5 Å². The molecule has 4 aromatic rings. The van der Waals surface area contributed by atoms with E-state index in [-0.39, 0.29) is 10.8 Å². The summed E-state index contributed by atoms with van der Waals surface area (Å²) in [5.41, 5.74) is 2.71. The molecular weight excluding hydrogens is 532 g/mol. The van der Waals surface area contributed by atoms with E-state index in [1.165, 1.54) is 11.4 Å². The molecule has 0 spiro atoms. The van der Waals surface area contributed by atoms with Crippen LogP contribution in [0.1, 0.15) is 21.6 Å². The van der Waals surface area contributed by atoms with Crippen molar-refractivity contribution in [2.75, 3.05) is 48.8 Å². The third kappa shape index (κ3) is 5.90. The standard InChI is InChI=1S/C27H30N8O4S/c1-18-8-10-20(11-9-18)40(37,38)35-14-12-34(13-15-35)25-17-23(29-24-16-19(2)32-33-24)30-27(31-25)28-22-7-5-4-6-21(22)26(36)39-3/h4-11,16-17H,12-15H2,1-3H3,(H3,28,29,30,31,32,33). The highest BCUT2D eigenvalue weighted by Crippen LogP contribution is 2.27. The van der Waals surface area contributed by atoms with E-state index in [4.69, 9.17) is 9.72 Å². The molecule has 0 saturated carbocycles. The van der Waals surface area contributed by atoms with E-state index in [1.54, 1.807) is 54.6 Å². The minimum absolute atomic E-state index is 0.248. The Balaban J connectivity index is 1.40. The third-order valence-electron chi connectivity index (χ3n) is 6.47. The van der Waals surface area contributed by atoms with Crippen molar-refractivity contribution in [2.24, 2.45) is 0 Å². The molecule has 0 aliphatic carbocycles. The second-order valence-electron chi connectivity index (χ2n) is 9.36. The van der Waals surface area contributed by atoms with Crippen molar-refractivity contribution in [3.8, 4) is 0 Å². The van der Waals surface area contributed by atoms with Crippen molar-refractivity contribution >= 4 is 45.1 Å². The van der Waals surface area contributed by atoms with Gasteiger partial charge in [-0.05, 0) is 38.1 Å². The molecule has 0 amide bonds. The van der Waals surface area contributed by atoms with Crippen LogP contribution in [0.4, 0.5) is 29.1 Å². The zero-order valence-corrected chi connectivity index (χ0v) is 23.2. The summed E-state index contributed by atoms with van der Waals surface area (Å²) in [5.74, 6) is 1.41. The Labute approximate surface area is 232 Å². The van der Waals surface area contributed by atoms with Crippen LogP contribution < -0.4 is 15.5 Å². The number of methoxy groups -OCH3 is 1. The van der Waals surface area contributed by atoms with Gasteiger partial charge < -0.3 is 20.3 Å². The largest absolute Gasteiger partial charge is 0.465 e. The Kier molecular flexibility index (Phi) is 7.67. The topological polar surface area (TPSA) is 145 Å². The monoisotopic (exact) mass is 562 g/mol. The van der Waals surface area contributed by atoms with Crippen LogP contribution in [-0.4, -0.2) is 72.1 Å². The number of aromatic nitrogens is 4. The van der Waals surface area contributed by atoms with Gasteiger partial charge in [-0.3, -0.25) is 5.10 Å². The highest BCUT2D eigenvalue weighted by Gasteiger charge is 2.29. The Morgan fingerprint density at radius 3 is 2.33 bits per heavy atom. The summed E-state index contributed by atoms with van der Waals surface area (Å²) < 4.78 is 32.8. The SMILES string of the molecule is COC(=O)c1ccccc1Nc1nc(Nc2cc(C)[nH]n2)cc(N2CCN(S(=O)(=O)c3ccc(C)cc3)CC2)n1. The van der Waals surface area contributed by atoms with Crippen LogP contribution in [0.25, 0.3) is 0 Å². The molecule has 40 heavy (non-hydrogen) atoms. The highest BCUT2D eigenvalue weighted by molar-refractivity contribution is 7.89. The first-order chi connectivity index (χ1) is 19.2. The van der Waals surface area contributed by atoms with Crippen LogP contribution >= 0.6 is 0 Å². The molecule has 1 aliphatic heterocycles. The molecule has 2 aromatic heterocycles. The van der Waals surface area contributed by atoms with Crippen molar-refractivity contribution in [3.63, 3.8) is 0 Å². The lowest BCUT2D eigenvalue weighted by Gasteiger charge is -2.34. The number of ether oxygens (including phenoxy) is 1. The number of piperazine rings is 1. The number of hydrogen-bond acceptors (Lipinski definition) is 10. The molecule has 1 aliphatic rings. The molecule has 3 heterocycles. The van der Waals surface area contributed by atoms with Gasteiger partial charge >= 0.3 is 5.97 Å². The van der Waals surface area contributed by atoms with Gasteiger partial charge in [0, 0.05) is 44.0 Å². The van der Waals surface area contributed by atoms with Crippen LogP contribution in [0.2, 0.25) is 0 Å². The molecule has 2 aromatic carbocycles. The van der Waals surface area contributed by atoms with Crippen molar-refractivity contribution in [2.45, 2.75) is 18.7 Å². The smallest absolute Gasteiger partial charge is 0.339 e. The van der Waals surface area contributed by atoms with Crippen molar-refractivity contribution < 1.29 is 17.9 Å². The number of H-pyrrole nitrogens is 1. The summed E-state index contributed by atoms with van der Waals surface area (Å²) in [6, 6.07) is 17.4. The zero-order chi connectivity index (χ0) is 28.3. The number of aromatic amines is 1. The predicted molar refractivity (Wildman–Crippen MR) is 152 cm³/mol. The summed E-state index contributed by atoms with van der Waals surface area (Å²) in [5, 5.41) is 13.4. The molecule has 0 bridgehead atoms. The maximum Gasteiger partial charge on any atom is 0.339 e. The lowest BCUT2D eigenvalue weighted by atomic mass is 10.2. The quantitative estimate of drug-likeness (QED) is 0.272. The second-order valence-corrected chi connectivity index (χ2v) is 11.3. The van der Waals surface area contributed by atoms with E-state index in [0.29, 0.717) is 54.9 Å². The Morgan fingerprint density at radius 2 is 1.65 bits per heavy atom. The third-order valence-corrected chi connectivity index (χ3v) is 8.39. The van der Waals surface area contributed by atoms with E-state index in [1.807, 2.05) is 24.8 Å². The summed E-state index contributed by atoms with van der Waals surface area (Å²) >= 11 is 0. The van der Waals surface area contributed by atoms with Crippen molar-refractivity contribution in [1.29, 1.82) is 0 Å². The van der Waals surface area contributed by atoms with E-state index < -0.39 is 16.0 Å². The van der Waals surface area contributed by atoms with Gasteiger partial charge in [0.25, 0.3) is 0 Å². The first kappa shape index (κ1) is 27.1. The van der Waals surface area contributed by atoms with Crippen LogP contribution in [0.3, 0.4) is 0 Å². The molecular formula is C27H30N8O4S. The molecule has 12 nitrogen and oxygen atoms in total. The normalized spacial score (nSPS) is 14.1. The maximum atomic E-state index is 13.2. The van der Waals surface area contributed by atoms with Gasteiger partial charge in [0.15, 0.2) is 5.82 Å². The number of carbonyl (C=O) groups is 1. The van der Waals surface area contributed by atoms with Crippen LogP contribution in [-0.2, 0) is 14.8 Å². The molecule has 0 atom stereocenters. The number of nitrogens with zero attached hydrogens (tertiary/aromatic N) is 5. The second kappa shape index (κ2) is 11.3. The number of carbonyl (C=O) groups excluding carboxylic acids is 1. The van der Waals surface area contributed by atoms with Crippen LogP contribution in [0, 0.1) is 13.8 Å². The van der Waals surface area contributed by atoms with Gasteiger partial charge in [0.2, 0.25) is 16.0 Å². The summed E-state index contributed by atoms with van der Waals surface area (Å²) in [6.45, 7) is 5.28. The van der Waals surface area contributed by atoms with E-state index in [2.05, 4.69) is 25.8 Å². The van der Waals surface area contributed by atoms with Crippen molar-refractivity contribution in [1.82, 2.24) is 24.5 Å². The number of rotatable bonds is 8. The highest BCUT2D eigenvalue weighted by atomic mass is 32.2. The van der Waals surface area contributed by atoms with Gasteiger partial charge in [-0.15, -0.1) is 0 Å². The van der Waals surface area contributed by atoms with Gasteiger partial charge in [0.05, 0.1) is 23.3 Å². The summed E-state index contributed by atoms with van der Waals surface area (Å²) in [6.07, 6.45) is 0. The number of anilines is 5. The minimum Gasteiger partial charge on any atom is -0.465 e. The number of aryl methyl sites for hydroxylation is 2. The van der Waals surface area contributed by atoms with E-state index >= 15 is 0 Å². The molecule has 0 unspecified atom stereocenters. The number of benzene rings is 2. The summed E-state index contributed by atoms with van der Waals surface area (Å²) in [7, 11) is -2.28. The molecule has 3 N–H and O–H groups in total. The fraction of sp³-hybridized carbons (Fsp3) is 0.259. The maximum absolute atomic E-state index is 13.2. The molecule has 0 radical (unpaired) electrons. The molecule has 13 heteroatoms. The first-order valence-corrected chi connectivity index (χ1v) is 14.1. The Hall–Kier alpha value is -4.49. The van der Waals surface area contributed by atoms with Crippen LogP contribution in [0.5, 0.6) is 0 Å². The fourth-order valence-corrected chi connectivity index (χ4v) is 5.77. The van der Waals surface area contributed by atoms with Gasteiger partial charge in [0.1, 0.15) is 11.6 Å². The predicted octanol–water partition coefficient (Wildman–Crippen LogP) is 3.60. The van der Waals surface area contributed by atoms with E-state index in [0.717, 1.165) is 11.3 Å². The number of hydrogen-bond donors (Lipinski definition) is 3. The lowest BCUT2D eigenvalue weighted by Crippen LogP contribution is -2.49. The van der Waals surface area contributed by atoms with Crippen LogP contribution in [0.15, 0.2) is 65.6 Å². The number of esters is 1. The average molecular weight is 563 g/mol. The molecule has 1 fully saturated rings. The molecule has 1 saturated heterocycles. The number of para-hydroxylation sites is 1. The lowest BCUT2D eigenvalue weighted by molar-refractivity contribution is 0.0602. The average Bonchev–Trinajstić information content (AvgIpc) is 3.37. The minimum atomic E-state index is -3.60. The van der Waals surface area contributed by atoms with Gasteiger partial charge in [-0.25, -0.2) is 13.2 Å². The summed E-state index contributed by atoms with van der Waals surface area (Å²) in [4.78, 5) is 23.9. The number of nitrogens with one attached hydrogen (secondary N) is 3. The molecule has 5 rings (SSSR count). The Bertz CT molecular complexity index is 1610. The fourth-order valence-electron chi connectivity index (χ4n) is 4.35. The Morgan fingerprint density at radius 1 is 0.925 bits per heavy atom. The number of sulfonamides is 1. The van der Waals surface area contributed by atoms with E-state index in [9.17, 15) is 13.2 Å². The van der Waals surface area contributed by atoms with Gasteiger partial charge in [-0.1, -0.05) is 29.8 Å².